The predicted molar refractivity (Wildman–Crippen MR) is 90.1 cm³/mol. The van der Waals surface area contributed by atoms with Gasteiger partial charge in [-0.1, -0.05) is 6.07 Å². The van der Waals surface area contributed by atoms with Crippen molar-refractivity contribution in [3.8, 4) is 10.7 Å². The van der Waals surface area contributed by atoms with E-state index in [1.165, 1.54) is 11.3 Å². The maximum absolute atomic E-state index is 12.5. The fraction of sp³-hybridized carbons (Fsp3) is 0.471. The molecule has 0 radical (unpaired) electrons. The molecule has 1 saturated heterocycles. The molecule has 0 spiro atoms. The highest BCUT2D eigenvalue weighted by Gasteiger charge is 2.28. The number of nitrogens with zero attached hydrogens (tertiary/aromatic N) is 3. The Morgan fingerprint density at radius 1 is 1.43 bits per heavy atom. The Labute approximate surface area is 140 Å². The van der Waals surface area contributed by atoms with Gasteiger partial charge in [-0.3, -0.25) is 9.78 Å². The summed E-state index contributed by atoms with van der Waals surface area (Å²) in [6.07, 6.45) is 5.84. The van der Waals surface area contributed by atoms with E-state index in [-0.39, 0.29) is 18.6 Å². The van der Waals surface area contributed by atoms with Gasteiger partial charge >= 0.3 is 0 Å². The van der Waals surface area contributed by atoms with Gasteiger partial charge in [0.15, 0.2) is 0 Å². The molecule has 1 atom stereocenters. The van der Waals surface area contributed by atoms with Crippen LogP contribution in [0.15, 0.2) is 29.8 Å². The zero-order valence-corrected chi connectivity index (χ0v) is 13.8. The Hall–Kier alpha value is -1.79. The van der Waals surface area contributed by atoms with E-state index in [1.54, 1.807) is 6.20 Å². The van der Waals surface area contributed by atoms with Crippen LogP contribution in [0.1, 0.15) is 31.4 Å². The lowest BCUT2D eigenvalue weighted by atomic mass is 10.1. The van der Waals surface area contributed by atoms with E-state index in [1.807, 2.05) is 28.5 Å². The summed E-state index contributed by atoms with van der Waals surface area (Å²) < 4.78 is 0. The lowest BCUT2D eigenvalue weighted by molar-refractivity contribution is -0.131. The summed E-state index contributed by atoms with van der Waals surface area (Å²) in [5.74, 6) is 0.142. The zero-order chi connectivity index (χ0) is 16.1. The number of rotatable bonds is 6. The van der Waals surface area contributed by atoms with Crippen molar-refractivity contribution in [2.24, 2.45) is 0 Å². The Balaban J connectivity index is 1.63. The number of carbonyl (C=O) groups excluding carboxylic acids is 1. The van der Waals surface area contributed by atoms with Crippen molar-refractivity contribution < 1.29 is 9.90 Å². The van der Waals surface area contributed by atoms with E-state index in [0.29, 0.717) is 6.42 Å². The number of hydrogen-bond acceptors (Lipinski definition) is 5. The molecular formula is C17H21N3O2S. The third-order valence-electron chi connectivity index (χ3n) is 4.16. The summed E-state index contributed by atoms with van der Waals surface area (Å²) >= 11 is 1.52. The molecule has 0 aromatic carbocycles. The van der Waals surface area contributed by atoms with Crippen molar-refractivity contribution >= 4 is 17.2 Å². The van der Waals surface area contributed by atoms with Crippen LogP contribution >= 0.6 is 11.3 Å². The molecule has 6 heteroatoms. The Bertz CT molecular complexity index is 644. The summed E-state index contributed by atoms with van der Waals surface area (Å²) in [5.41, 5.74) is 1.66. The van der Waals surface area contributed by atoms with Crippen LogP contribution in [0.3, 0.4) is 0 Å². The monoisotopic (exact) mass is 331 g/mol. The maximum Gasteiger partial charge on any atom is 0.228 e. The maximum atomic E-state index is 12.5. The molecule has 0 aliphatic carbocycles. The third-order valence-corrected chi connectivity index (χ3v) is 5.07. The number of pyridine rings is 1. The van der Waals surface area contributed by atoms with Crippen molar-refractivity contribution in [1.29, 1.82) is 0 Å². The van der Waals surface area contributed by atoms with Gasteiger partial charge in [0.2, 0.25) is 5.91 Å². The average Bonchev–Trinajstić information content (AvgIpc) is 3.23. The standard InChI is InChI=1S/C17H21N3O2S/c21-10-4-6-14-5-3-9-20(14)16(22)11-13-12-23-17(19-13)15-7-1-2-8-18-15/h1-2,7-8,12,14,21H,3-6,9-11H2. The van der Waals surface area contributed by atoms with Crippen LogP contribution < -0.4 is 0 Å². The van der Waals surface area contributed by atoms with Crippen molar-refractivity contribution in [3.63, 3.8) is 0 Å². The summed E-state index contributed by atoms with van der Waals surface area (Å²) in [4.78, 5) is 23.4. The first kappa shape index (κ1) is 16.1. The molecule has 1 aliphatic heterocycles. The third kappa shape index (κ3) is 3.95. The van der Waals surface area contributed by atoms with E-state index in [9.17, 15) is 4.79 Å². The van der Waals surface area contributed by atoms with E-state index in [2.05, 4.69) is 9.97 Å². The molecule has 23 heavy (non-hydrogen) atoms. The second-order valence-corrected chi connectivity index (χ2v) is 6.64. The minimum atomic E-state index is 0.142. The first-order valence-corrected chi connectivity index (χ1v) is 8.92. The van der Waals surface area contributed by atoms with Crippen molar-refractivity contribution in [2.45, 2.75) is 38.1 Å². The number of aliphatic hydroxyl groups is 1. The van der Waals surface area contributed by atoms with Crippen LogP contribution in [0.2, 0.25) is 0 Å². The summed E-state index contributed by atoms with van der Waals surface area (Å²) in [5, 5.41) is 11.8. The topological polar surface area (TPSA) is 66.3 Å². The number of aromatic nitrogens is 2. The number of likely N-dealkylation sites (tertiary alicyclic amines) is 1. The SMILES string of the molecule is O=C(Cc1csc(-c2ccccn2)n1)N1CCCC1CCCO. The number of carbonyl (C=O) groups is 1. The molecule has 2 aromatic heterocycles. The molecule has 1 unspecified atom stereocenters. The van der Waals surface area contributed by atoms with E-state index >= 15 is 0 Å². The van der Waals surface area contributed by atoms with Gasteiger partial charge in [0.1, 0.15) is 5.01 Å². The lowest BCUT2D eigenvalue weighted by Crippen LogP contribution is -2.36. The summed E-state index contributed by atoms with van der Waals surface area (Å²) in [7, 11) is 0. The molecule has 1 N–H and O–H groups in total. The Morgan fingerprint density at radius 3 is 3.13 bits per heavy atom. The van der Waals surface area contributed by atoms with E-state index in [0.717, 1.165) is 48.6 Å². The molecule has 3 rings (SSSR count). The highest BCUT2D eigenvalue weighted by Crippen LogP contribution is 2.24. The minimum absolute atomic E-state index is 0.142. The number of hydrogen-bond donors (Lipinski definition) is 1. The van der Waals surface area contributed by atoms with Gasteiger partial charge in [-0.2, -0.15) is 0 Å². The molecule has 0 bridgehead atoms. The fourth-order valence-corrected chi connectivity index (χ4v) is 3.84. The van der Waals surface area contributed by atoms with Crippen LogP contribution in [0.4, 0.5) is 0 Å². The lowest BCUT2D eigenvalue weighted by Gasteiger charge is -2.24. The number of amides is 1. The van der Waals surface area contributed by atoms with Crippen LogP contribution in [-0.4, -0.2) is 45.1 Å². The van der Waals surface area contributed by atoms with Crippen LogP contribution in [0, 0.1) is 0 Å². The summed E-state index contributed by atoms with van der Waals surface area (Å²) in [6.45, 7) is 1.02. The highest BCUT2D eigenvalue weighted by atomic mass is 32.1. The molecule has 1 amide bonds. The van der Waals surface area contributed by atoms with Gasteiger partial charge in [-0.25, -0.2) is 4.98 Å². The fourth-order valence-electron chi connectivity index (χ4n) is 3.04. The largest absolute Gasteiger partial charge is 0.396 e. The van der Waals surface area contributed by atoms with Crippen LogP contribution in [0.25, 0.3) is 10.7 Å². The van der Waals surface area contributed by atoms with Gasteiger partial charge in [0, 0.05) is 30.8 Å². The quantitative estimate of drug-likeness (QED) is 0.883. The van der Waals surface area contributed by atoms with Crippen molar-refractivity contribution in [3.05, 3.63) is 35.5 Å². The molecule has 0 saturated carbocycles. The van der Waals surface area contributed by atoms with Crippen LogP contribution in [-0.2, 0) is 11.2 Å². The molecule has 1 fully saturated rings. The zero-order valence-electron chi connectivity index (χ0n) is 13.0. The second-order valence-electron chi connectivity index (χ2n) is 5.78. The van der Waals surface area contributed by atoms with Crippen molar-refractivity contribution in [2.75, 3.05) is 13.2 Å². The minimum Gasteiger partial charge on any atom is -0.396 e. The number of thiazole rings is 1. The number of aliphatic hydroxyl groups excluding tert-OH is 1. The van der Waals surface area contributed by atoms with Gasteiger partial charge in [-0.05, 0) is 37.8 Å². The van der Waals surface area contributed by atoms with Crippen LogP contribution in [0.5, 0.6) is 0 Å². The van der Waals surface area contributed by atoms with Gasteiger partial charge in [0.05, 0.1) is 17.8 Å². The molecule has 3 heterocycles. The van der Waals surface area contributed by atoms with Gasteiger partial charge < -0.3 is 10.0 Å². The smallest absolute Gasteiger partial charge is 0.228 e. The first-order chi connectivity index (χ1) is 11.3. The molecular weight excluding hydrogens is 310 g/mol. The highest BCUT2D eigenvalue weighted by molar-refractivity contribution is 7.13. The average molecular weight is 331 g/mol. The Kier molecular flexibility index (Phi) is 5.35. The van der Waals surface area contributed by atoms with Gasteiger partial charge in [0.25, 0.3) is 0 Å². The summed E-state index contributed by atoms with van der Waals surface area (Å²) in [6, 6.07) is 6.02. The Morgan fingerprint density at radius 2 is 2.35 bits per heavy atom. The van der Waals surface area contributed by atoms with E-state index in [4.69, 9.17) is 5.11 Å². The predicted octanol–water partition coefficient (Wildman–Crippen LogP) is 2.51. The first-order valence-electron chi connectivity index (χ1n) is 8.04. The normalized spacial score (nSPS) is 17.6. The van der Waals surface area contributed by atoms with E-state index < -0.39 is 0 Å². The molecule has 1 aliphatic rings. The second kappa shape index (κ2) is 7.66. The van der Waals surface area contributed by atoms with Crippen molar-refractivity contribution in [1.82, 2.24) is 14.9 Å². The van der Waals surface area contributed by atoms with Gasteiger partial charge in [-0.15, -0.1) is 11.3 Å². The molecule has 5 nitrogen and oxygen atoms in total. The molecule has 122 valence electrons. The molecule has 2 aromatic rings.